The Morgan fingerprint density at radius 1 is 1.43 bits per heavy atom. The molecule has 0 spiro atoms. The van der Waals surface area contributed by atoms with Gasteiger partial charge in [0.05, 0.1) is 7.11 Å². The van der Waals surface area contributed by atoms with Crippen molar-refractivity contribution in [1.82, 2.24) is 4.90 Å². The van der Waals surface area contributed by atoms with Crippen LogP contribution >= 0.6 is 0 Å². The molecule has 1 fully saturated rings. The number of methoxy groups -OCH3 is 1. The van der Waals surface area contributed by atoms with Crippen LogP contribution in [0.5, 0.6) is 11.5 Å². The highest BCUT2D eigenvalue weighted by molar-refractivity contribution is 5.95. The fraction of sp³-hybridized carbons (Fsp3) is 0.467. The van der Waals surface area contributed by atoms with E-state index in [1.165, 1.54) is 13.2 Å². The minimum Gasteiger partial charge on any atom is -0.504 e. The van der Waals surface area contributed by atoms with Crippen molar-refractivity contribution >= 4 is 11.9 Å². The first-order valence-electron chi connectivity index (χ1n) is 6.89. The summed E-state index contributed by atoms with van der Waals surface area (Å²) in [5.74, 6) is -0.803. The van der Waals surface area contributed by atoms with Crippen LogP contribution in [0.2, 0.25) is 0 Å². The van der Waals surface area contributed by atoms with E-state index in [2.05, 4.69) is 0 Å². The van der Waals surface area contributed by atoms with Crippen molar-refractivity contribution < 1.29 is 24.5 Å². The van der Waals surface area contributed by atoms with Gasteiger partial charge in [-0.15, -0.1) is 0 Å². The highest BCUT2D eigenvalue weighted by Gasteiger charge is 2.26. The van der Waals surface area contributed by atoms with Crippen molar-refractivity contribution in [3.8, 4) is 11.5 Å². The Hall–Kier alpha value is -2.24. The van der Waals surface area contributed by atoms with Gasteiger partial charge in [0.15, 0.2) is 11.5 Å². The molecule has 0 aromatic heterocycles. The number of piperidine rings is 1. The maximum absolute atomic E-state index is 12.4. The monoisotopic (exact) mass is 293 g/mol. The summed E-state index contributed by atoms with van der Waals surface area (Å²) < 4.78 is 4.95. The summed E-state index contributed by atoms with van der Waals surface area (Å²) in [5, 5.41) is 18.6. The molecule has 0 bridgehead atoms. The highest BCUT2D eigenvalue weighted by Crippen LogP contribution is 2.28. The zero-order valence-corrected chi connectivity index (χ0v) is 11.9. The van der Waals surface area contributed by atoms with Crippen LogP contribution in [-0.4, -0.2) is 47.2 Å². The van der Waals surface area contributed by atoms with Crippen LogP contribution in [0.1, 0.15) is 29.6 Å². The zero-order valence-electron chi connectivity index (χ0n) is 11.9. The number of carbonyl (C=O) groups is 2. The standard InChI is InChI=1S/C15H19NO5/c1-21-13-5-4-11(8-12(13)17)15(20)16-6-2-3-10(9-16)7-14(18)19/h4-5,8,10,17H,2-3,6-7,9H2,1H3,(H,18,19). The van der Waals surface area contributed by atoms with Gasteiger partial charge in [0.2, 0.25) is 0 Å². The number of aliphatic carboxylic acids is 1. The second-order valence-electron chi connectivity index (χ2n) is 5.24. The maximum Gasteiger partial charge on any atom is 0.303 e. The quantitative estimate of drug-likeness (QED) is 0.882. The van der Waals surface area contributed by atoms with Crippen LogP contribution < -0.4 is 4.74 Å². The van der Waals surface area contributed by atoms with E-state index in [1.807, 2.05) is 0 Å². The van der Waals surface area contributed by atoms with Gasteiger partial charge >= 0.3 is 5.97 Å². The Kier molecular flexibility index (Phi) is 4.67. The second kappa shape index (κ2) is 6.47. The first-order chi connectivity index (χ1) is 10.0. The van der Waals surface area contributed by atoms with Crippen LogP contribution in [0.25, 0.3) is 0 Å². The summed E-state index contributed by atoms with van der Waals surface area (Å²) in [6.45, 7) is 1.06. The molecule has 1 aromatic rings. The molecule has 0 saturated carbocycles. The molecule has 0 radical (unpaired) electrons. The minimum absolute atomic E-state index is 0.00737. The molecule has 1 atom stereocenters. The summed E-state index contributed by atoms with van der Waals surface area (Å²) in [6, 6.07) is 4.52. The Labute approximate surface area is 122 Å². The molecule has 1 aliphatic rings. The van der Waals surface area contributed by atoms with Gasteiger partial charge in [0.25, 0.3) is 5.91 Å². The topological polar surface area (TPSA) is 87.1 Å². The summed E-state index contributed by atoms with van der Waals surface area (Å²) in [6.07, 6.45) is 1.70. The lowest BCUT2D eigenvalue weighted by molar-refractivity contribution is -0.138. The number of likely N-dealkylation sites (tertiary alicyclic amines) is 1. The molecule has 1 heterocycles. The van der Waals surface area contributed by atoms with E-state index in [1.54, 1.807) is 17.0 Å². The lowest BCUT2D eigenvalue weighted by atomic mass is 9.94. The van der Waals surface area contributed by atoms with Gasteiger partial charge in [-0.25, -0.2) is 0 Å². The second-order valence-corrected chi connectivity index (χ2v) is 5.24. The van der Waals surface area contributed by atoms with Crippen molar-refractivity contribution in [2.24, 2.45) is 5.92 Å². The number of ether oxygens (including phenoxy) is 1. The Morgan fingerprint density at radius 2 is 2.19 bits per heavy atom. The third kappa shape index (κ3) is 3.65. The van der Waals surface area contributed by atoms with E-state index in [9.17, 15) is 14.7 Å². The number of carboxylic acid groups (broad SMARTS) is 1. The smallest absolute Gasteiger partial charge is 0.303 e. The SMILES string of the molecule is COc1ccc(C(=O)N2CCCC(CC(=O)O)C2)cc1O. The van der Waals surface area contributed by atoms with Gasteiger partial charge in [0, 0.05) is 25.1 Å². The highest BCUT2D eigenvalue weighted by atomic mass is 16.5. The molecule has 0 aliphatic carbocycles. The number of nitrogens with zero attached hydrogens (tertiary/aromatic N) is 1. The summed E-state index contributed by atoms with van der Waals surface area (Å²) in [4.78, 5) is 24.8. The van der Waals surface area contributed by atoms with Crippen molar-refractivity contribution in [2.75, 3.05) is 20.2 Å². The van der Waals surface area contributed by atoms with Crippen LogP contribution in [0.3, 0.4) is 0 Å². The average Bonchev–Trinajstić information content (AvgIpc) is 2.46. The molecular formula is C15H19NO5. The number of amides is 1. The molecule has 1 aliphatic heterocycles. The van der Waals surface area contributed by atoms with E-state index in [0.29, 0.717) is 24.4 Å². The van der Waals surface area contributed by atoms with Crippen LogP contribution in [0.15, 0.2) is 18.2 Å². The van der Waals surface area contributed by atoms with Crippen molar-refractivity contribution in [2.45, 2.75) is 19.3 Å². The first kappa shape index (κ1) is 15.2. The van der Waals surface area contributed by atoms with Gasteiger partial charge in [-0.05, 0) is 37.0 Å². The fourth-order valence-corrected chi connectivity index (χ4v) is 2.67. The van der Waals surface area contributed by atoms with Gasteiger partial charge in [-0.2, -0.15) is 0 Å². The van der Waals surface area contributed by atoms with Crippen LogP contribution in [0, 0.1) is 5.92 Å². The molecule has 1 unspecified atom stereocenters. The summed E-state index contributed by atoms with van der Waals surface area (Å²) in [5.41, 5.74) is 0.379. The first-order valence-corrected chi connectivity index (χ1v) is 6.89. The molecule has 6 nitrogen and oxygen atoms in total. The molecule has 1 amide bonds. The Bertz CT molecular complexity index is 543. The van der Waals surface area contributed by atoms with E-state index in [0.717, 1.165) is 12.8 Å². The number of aromatic hydroxyl groups is 1. The zero-order chi connectivity index (χ0) is 15.4. The molecule has 1 aromatic carbocycles. The number of hydrogen-bond acceptors (Lipinski definition) is 4. The van der Waals surface area contributed by atoms with Crippen LogP contribution in [0.4, 0.5) is 0 Å². The number of carboxylic acids is 1. The van der Waals surface area contributed by atoms with E-state index >= 15 is 0 Å². The molecule has 21 heavy (non-hydrogen) atoms. The fourth-order valence-electron chi connectivity index (χ4n) is 2.67. The van der Waals surface area contributed by atoms with Gasteiger partial charge in [-0.3, -0.25) is 9.59 Å². The number of benzene rings is 1. The van der Waals surface area contributed by atoms with Gasteiger partial charge in [0.1, 0.15) is 0 Å². The summed E-state index contributed by atoms with van der Waals surface area (Å²) in [7, 11) is 1.44. The average molecular weight is 293 g/mol. The maximum atomic E-state index is 12.4. The minimum atomic E-state index is -0.837. The van der Waals surface area contributed by atoms with Crippen molar-refractivity contribution in [3.05, 3.63) is 23.8 Å². The third-order valence-corrected chi connectivity index (χ3v) is 3.70. The predicted octanol–water partition coefficient (Wildman–Crippen LogP) is 1.73. The van der Waals surface area contributed by atoms with Crippen molar-refractivity contribution in [1.29, 1.82) is 0 Å². The van der Waals surface area contributed by atoms with Crippen molar-refractivity contribution in [3.63, 3.8) is 0 Å². The lowest BCUT2D eigenvalue weighted by Gasteiger charge is -2.32. The largest absolute Gasteiger partial charge is 0.504 e. The predicted molar refractivity (Wildman–Crippen MR) is 75.5 cm³/mol. The number of hydrogen-bond donors (Lipinski definition) is 2. The third-order valence-electron chi connectivity index (χ3n) is 3.70. The Balaban J connectivity index is 2.08. The van der Waals surface area contributed by atoms with Crippen LogP contribution in [-0.2, 0) is 4.79 Å². The molecule has 2 rings (SSSR count). The number of phenols is 1. The van der Waals surface area contributed by atoms with Gasteiger partial charge < -0.3 is 19.8 Å². The van der Waals surface area contributed by atoms with Gasteiger partial charge in [-0.1, -0.05) is 0 Å². The molecule has 114 valence electrons. The van der Waals surface area contributed by atoms with E-state index in [-0.39, 0.29) is 24.0 Å². The van der Waals surface area contributed by atoms with E-state index in [4.69, 9.17) is 9.84 Å². The van der Waals surface area contributed by atoms with E-state index < -0.39 is 5.97 Å². The normalized spacial score (nSPS) is 18.3. The molecule has 2 N–H and O–H groups in total. The Morgan fingerprint density at radius 3 is 2.81 bits per heavy atom. The lowest BCUT2D eigenvalue weighted by Crippen LogP contribution is -2.40. The summed E-state index contributed by atoms with van der Waals surface area (Å²) >= 11 is 0. The number of rotatable bonds is 4. The molecule has 1 saturated heterocycles. The molecular weight excluding hydrogens is 274 g/mol. The number of phenolic OH excluding ortho intramolecular Hbond substituents is 1. The number of carbonyl (C=O) groups excluding carboxylic acids is 1. The molecule has 6 heteroatoms.